The maximum absolute atomic E-state index is 13.6. The lowest BCUT2D eigenvalue weighted by molar-refractivity contribution is 0.323. The van der Waals surface area contributed by atoms with Crippen LogP contribution < -0.4 is 33.2 Å². The first-order valence-electron chi connectivity index (χ1n) is 11.6. The number of phenols is 1. The molecule has 0 heterocycles. The van der Waals surface area contributed by atoms with Crippen molar-refractivity contribution in [2.24, 2.45) is 0 Å². The second kappa shape index (κ2) is 12.5. The lowest BCUT2D eigenvalue weighted by Crippen LogP contribution is -2.08. The minimum absolute atomic E-state index is 0.0706. The Hall–Kier alpha value is -4.25. The van der Waals surface area contributed by atoms with Gasteiger partial charge in [-0.05, 0) is 29.3 Å². The summed E-state index contributed by atoms with van der Waals surface area (Å²) in [6.07, 6.45) is 3.42. The molecule has 3 rings (SSSR count). The lowest BCUT2D eigenvalue weighted by atomic mass is 10.0. The molecule has 10 nitrogen and oxygen atoms in total. The molecule has 0 aromatic heterocycles. The number of hydrogen-bond donors (Lipinski definition) is 1. The summed E-state index contributed by atoms with van der Waals surface area (Å²) in [5, 5.41) is 10.9. The van der Waals surface area contributed by atoms with Crippen molar-refractivity contribution >= 4 is 22.0 Å². The van der Waals surface area contributed by atoms with Crippen LogP contribution in [0.5, 0.6) is 46.0 Å². The van der Waals surface area contributed by atoms with Crippen LogP contribution in [-0.2, 0) is 15.6 Å². The Bertz CT molecular complexity index is 1410. The summed E-state index contributed by atoms with van der Waals surface area (Å²) in [5.41, 5.74) is 1.29. The molecule has 0 aliphatic carbocycles. The minimum Gasteiger partial charge on any atom is -0.504 e. The summed E-state index contributed by atoms with van der Waals surface area (Å²) >= 11 is 0. The summed E-state index contributed by atoms with van der Waals surface area (Å²) in [6, 6.07) is 9.40. The monoisotopic (exact) mass is 560 g/mol. The van der Waals surface area contributed by atoms with Gasteiger partial charge in [-0.15, -0.1) is 0 Å². The Labute approximate surface area is 228 Å². The summed E-state index contributed by atoms with van der Waals surface area (Å²) in [7, 11) is 6.13. The van der Waals surface area contributed by atoms with Gasteiger partial charge in [0, 0.05) is 17.7 Å². The van der Waals surface area contributed by atoms with E-state index in [1.165, 1.54) is 61.9 Å². The molecule has 3 aromatic rings. The molecule has 0 bridgehead atoms. The molecule has 0 radical (unpaired) electrons. The van der Waals surface area contributed by atoms with Crippen molar-refractivity contribution in [2.75, 3.05) is 49.8 Å². The fraction of sp³-hybridized carbons (Fsp3) is 0.286. The second-order valence-corrected chi connectivity index (χ2v) is 10.1. The molecule has 0 spiro atoms. The number of phenolic OH excluding ortho intramolecular Hbond substituents is 1. The summed E-state index contributed by atoms with van der Waals surface area (Å²) < 4.78 is 64.5. The van der Waals surface area contributed by atoms with Crippen LogP contribution in [-0.4, -0.2) is 63.3 Å². The fourth-order valence-corrected chi connectivity index (χ4v) is 5.42. The van der Waals surface area contributed by atoms with E-state index in [0.29, 0.717) is 28.4 Å². The van der Waals surface area contributed by atoms with E-state index in [0.717, 1.165) is 0 Å². The van der Waals surface area contributed by atoms with E-state index in [1.807, 2.05) is 0 Å². The molecule has 210 valence electrons. The van der Waals surface area contributed by atoms with E-state index < -0.39 is 15.6 Å². The summed E-state index contributed by atoms with van der Waals surface area (Å²) in [4.78, 5) is -0.0706. The van der Waals surface area contributed by atoms with E-state index in [4.69, 9.17) is 33.2 Å². The van der Waals surface area contributed by atoms with Gasteiger partial charge in [0.15, 0.2) is 44.3 Å². The van der Waals surface area contributed by atoms with Gasteiger partial charge in [0.1, 0.15) is 0 Å². The highest BCUT2D eigenvalue weighted by Crippen LogP contribution is 2.42. The van der Waals surface area contributed by atoms with Crippen LogP contribution in [0.1, 0.15) is 16.7 Å². The Morgan fingerprint density at radius 3 is 1.54 bits per heavy atom. The zero-order valence-corrected chi connectivity index (χ0v) is 23.7. The topological polar surface area (TPSA) is 119 Å². The van der Waals surface area contributed by atoms with Crippen molar-refractivity contribution in [1.29, 1.82) is 0 Å². The van der Waals surface area contributed by atoms with Crippen LogP contribution in [0.3, 0.4) is 0 Å². The fourth-order valence-electron chi connectivity index (χ4n) is 4.00. The number of sulfone groups is 1. The van der Waals surface area contributed by atoms with Crippen LogP contribution >= 0.6 is 0 Å². The van der Waals surface area contributed by atoms with E-state index in [-0.39, 0.29) is 39.2 Å². The SMILES string of the molecule is COc1ccc(/C=C\c2cc(OC)c(OC)c(OC)c2)c(CS(=O)(=O)c2cc(OC)c(OC)c(OC)c2)c1O. The number of methoxy groups -OCH3 is 7. The third kappa shape index (κ3) is 6.09. The minimum atomic E-state index is -4.01. The molecule has 39 heavy (non-hydrogen) atoms. The normalized spacial score (nSPS) is 11.3. The Morgan fingerprint density at radius 2 is 1.10 bits per heavy atom. The van der Waals surface area contributed by atoms with Gasteiger partial charge in [-0.1, -0.05) is 18.2 Å². The molecular formula is C28H32O10S. The molecule has 0 saturated carbocycles. The Morgan fingerprint density at radius 1 is 0.641 bits per heavy atom. The molecule has 3 aromatic carbocycles. The standard InChI is InChI=1S/C28H32O10S/c1-32-21-11-10-18(9-8-17-12-22(33-2)27(37-6)23(13-17)34-3)20(26(21)29)16-39(30,31)19-14-24(35-4)28(38-7)25(15-19)36-5/h8-15,29H,16H2,1-7H3/b9-8-. The smallest absolute Gasteiger partial charge is 0.203 e. The van der Waals surface area contributed by atoms with Gasteiger partial charge in [0.25, 0.3) is 0 Å². The van der Waals surface area contributed by atoms with Gasteiger partial charge in [-0.3, -0.25) is 0 Å². The molecule has 0 fully saturated rings. The van der Waals surface area contributed by atoms with Crippen molar-refractivity contribution in [1.82, 2.24) is 0 Å². The Balaban J connectivity index is 2.11. The van der Waals surface area contributed by atoms with Crippen molar-refractivity contribution in [2.45, 2.75) is 10.6 Å². The highest BCUT2D eigenvalue weighted by Gasteiger charge is 2.25. The molecule has 0 aliphatic heterocycles. The summed E-state index contributed by atoms with van der Waals surface area (Å²) in [6.45, 7) is 0. The maximum Gasteiger partial charge on any atom is 0.203 e. The van der Waals surface area contributed by atoms with Gasteiger partial charge in [0.2, 0.25) is 11.5 Å². The third-order valence-corrected chi connectivity index (χ3v) is 7.60. The van der Waals surface area contributed by atoms with Crippen LogP contribution in [0.15, 0.2) is 41.3 Å². The van der Waals surface area contributed by atoms with E-state index in [9.17, 15) is 13.5 Å². The van der Waals surface area contributed by atoms with Gasteiger partial charge in [-0.25, -0.2) is 8.42 Å². The second-order valence-electron chi connectivity index (χ2n) is 8.10. The van der Waals surface area contributed by atoms with Crippen molar-refractivity contribution in [3.8, 4) is 46.0 Å². The van der Waals surface area contributed by atoms with E-state index in [1.54, 1.807) is 36.4 Å². The number of ether oxygens (including phenoxy) is 7. The predicted octanol–water partition coefficient (Wildman–Crippen LogP) is 4.60. The molecule has 0 atom stereocenters. The lowest BCUT2D eigenvalue weighted by Gasteiger charge is -2.16. The number of benzene rings is 3. The number of hydrogen-bond acceptors (Lipinski definition) is 10. The van der Waals surface area contributed by atoms with Crippen LogP contribution in [0.4, 0.5) is 0 Å². The number of rotatable bonds is 12. The first kappa shape index (κ1) is 29.3. The molecule has 1 N–H and O–H groups in total. The van der Waals surface area contributed by atoms with Crippen molar-refractivity contribution < 1.29 is 46.7 Å². The van der Waals surface area contributed by atoms with Gasteiger partial charge < -0.3 is 38.3 Å². The summed E-state index contributed by atoms with van der Waals surface area (Å²) in [5.74, 6) is 1.30. The van der Waals surface area contributed by atoms with Gasteiger partial charge in [0.05, 0.1) is 60.4 Å². The zero-order chi connectivity index (χ0) is 28.7. The van der Waals surface area contributed by atoms with Gasteiger partial charge >= 0.3 is 0 Å². The highest BCUT2D eigenvalue weighted by atomic mass is 32.2. The number of aromatic hydroxyl groups is 1. The predicted molar refractivity (Wildman–Crippen MR) is 147 cm³/mol. The molecule has 0 unspecified atom stereocenters. The molecule has 0 aliphatic rings. The average Bonchev–Trinajstić information content (AvgIpc) is 2.95. The zero-order valence-electron chi connectivity index (χ0n) is 22.9. The molecule has 0 amide bonds. The molecule has 11 heteroatoms. The highest BCUT2D eigenvalue weighted by molar-refractivity contribution is 7.90. The average molecular weight is 561 g/mol. The van der Waals surface area contributed by atoms with E-state index in [2.05, 4.69) is 0 Å². The quantitative estimate of drug-likeness (QED) is 0.315. The molecule has 0 saturated heterocycles. The van der Waals surface area contributed by atoms with Crippen molar-refractivity contribution in [3.63, 3.8) is 0 Å². The first-order chi connectivity index (χ1) is 18.7. The maximum atomic E-state index is 13.6. The van der Waals surface area contributed by atoms with E-state index >= 15 is 0 Å². The van der Waals surface area contributed by atoms with Gasteiger partial charge in [-0.2, -0.15) is 0 Å². The molecular weight excluding hydrogens is 528 g/mol. The van der Waals surface area contributed by atoms with Crippen LogP contribution in [0, 0.1) is 0 Å². The largest absolute Gasteiger partial charge is 0.504 e. The van der Waals surface area contributed by atoms with Crippen LogP contribution in [0.25, 0.3) is 12.2 Å². The first-order valence-corrected chi connectivity index (χ1v) is 13.2. The van der Waals surface area contributed by atoms with Crippen molar-refractivity contribution in [3.05, 3.63) is 53.1 Å². The van der Waals surface area contributed by atoms with Crippen LogP contribution in [0.2, 0.25) is 0 Å². The third-order valence-electron chi connectivity index (χ3n) is 5.98. The Kier molecular flexibility index (Phi) is 9.42.